The molecule has 0 N–H and O–H groups in total. The molecule has 3 fully saturated rings. The van der Waals surface area contributed by atoms with Gasteiger partial charge in [-0.05, 0) is 31.0 Å². The molecular weight excluding hydrogens is 428 g/mol. The third-order valence-electron chi connectivity index (χ3n) is 6.32. The van der Waals surface area contributed by atoms with Gasteiger partial charge >= 0.3 is 6.18 Å². The molecular formula is C22H22F4N4O2. The summed E-state index contributed by atoms with van der Waals surface area (Å²) in [4.78, 5) is 25.2. The number of halogens is 4. The van der Waals surface area contributed by atoms with E-state index >= 15 is 0 Å². The van der Waals surface area contributed by atoms with Gasteiger partial charge in [-0.3, -0.25) is 14.7 Å². The molecule has 32 heavy (non-hydrogen) atoms. The Morgan fingerprint density at radius 3 is 2.59 bits per heavy atom. The fraction of sp³-hybridized carbons (Fsp3) is 0.500. The number of carbonyl (C=O) groups is 1. The van der Waals surface area contributed by atoms with Gasteiger partial charge in [0, 0.05) is 44.6 Å². The zero-order valence-corrected chi connectivity index (χ0v) is 17.2. The summed E-state index contributed by atoms with van der Waals surface area (Å²) in [5, 5.41) is 0. The molecule has 2 saturated heterocycles. The van der Waals surface area contributed by atoms with Gasteiger partial charge in [0.2, 0.25) is 5.88 Å². The summed E-state index contributed by atoms with van der Waals surface area (Å²) in [5.74, 6) is -0.703. The van der Waals surface area contributed by atoms with Crippen LogP contribution >= 0.6 is 0 Å². The van der Waals surface area contributed by atoms with Crippen LogP contribution in [0.4, 0.5) is 17.6 Å². The highest BCUT2D eigenvalue weighted by atomic mass is 19.4. The molecule has 0 radical (unpaired) electrons. The summed E-state index contributed by atoms with van der Waals surface area (Å²) < 4.78 is 59.1. The molecule has 1 aromatic carbocycles. The number of ether oxygens (including phenoxy) is 1. The Morgan fingerprint density at radius 1 is 1.09 bits per heavy atom. The third-order valence-corrected chi connectivity index (χ3v) is 6.32. The van der Waals surface area contributed by atoms with Gasteiger partial charge in [-0.1, -0.05) is 0 Å². The predicted molar refractivity (Wildman–Crippen MR) is 106 cm³/mol. The number of carbonyl (C=O) groups excluding carboxylic acids is 1. The maximum Gasteiger partial charge on any atom is 0.416 e. The Labute approximate surface area is 182 Å². The second-order valence-corrected chi connectivity index (χ2v) is 8.62. The Kier molecular flexibility index (Phi) is 5.27. The van der Waals surface area contributed by atoms with Crippen molar-refractivity contribution < 1.29 is 27.1 Å². The largest absolute Gasteiger partial charge is 0.472 e. The quantitative estimate of drug-likeness (QED) is 0.668. The van der Waals surface area contributed by atoms with Crippen molar-refractivity contribution in [1.82, 2.24) is 19.8 Å². The molecule has 10 heteroatoms. The normalized spacial score (nSPS) is 23.8. The summed E-state index contributed by atoms with van der Waals surface area (Å²) in [6.45, 7) is 1.83. The van der Waals surface area contributed by atoms with Crippen LogP contribution in [0.25, 0.3) is 0 Å². The van der Waals surface area contributed by atoms with Crippen LogP contribution in [0, 0.1) is 5.82 Å². The lowest BCUT2D eigenvalue weighted by atomic mass is 10.1. The van der Waals surface area contributed by atoms with Gasteiger partial charge in [-0.15, -0.1) is 0 Å². The van der Waals surface area contributed by atoms with Crippen LogP contribution in [0.2, 0.25) is 0 Å². The molecule has 0 bridgehead atoms. The van der Waals surface area contributed by atoms with E-state index in [4.69, 9.17) is 4.74 Å². The zero-order chi connectivity index (χ0) is 22.5. The van der Waals surface area contributed by atoms with Crippen molar-refractivity contribution in [2.45, 2.75) is 43.5 Å². The Morgan fingerprint density at radius 2 is 1.91 bits per heavy atom. The highest BCUT2D eigenvalue weighted by Gasteiger charge is 2.40. The van der Waals surface area contributed by atoms with Crippen molar-refractivity contribution in [2.75, 3.05) is 26.2 Å². The van der Waals surface area contributed by atoms with E-state index in [1.807, 2.05) is 0 Å². The van der Waals surface area contributed by atoms with Gasteiger partial charge in [-0.25, -0.2) is 9.37 Å². The van der Waals surface area contributed by atoms with E-state index in [9.17, 15) is 22.4 Å². The Balaban J connectivity index is 1.22. The van der Waals surface area contributed by atoms with Crippen LogP contribution in [0.1, 0.15) is 46.8 Å². The molecule has 1 amide bonds. The Hall–Kier alpha value is -2.75. The van der Waals surface area contributed by atoms with Crippen LogP contribution in [0.5, 0.6) is 5.88 Å². The van der Waals surface area contributed by atoms with Crippen LogP contribution < -0.4 is 4.74 Å². The van der Waals surface area contributed by atoms with E-state index in [0.29, 0.717) is 62.6 Å². The molecule has 2 aromatic rings. The molecule has 2 atom stereocenters. The number of hydrogen-bond acceptors (Lipinski definition) is 5. The molecule has 1 aliphatic carbocycles. The van der Waals surface area contributed by atoms with Gasteiger partial charge in [-0.2, -0.15) is 13.2 Å². The first-order valence-electron chi connectivity index (χ1n) is 10.7. The number of fused-ring (bicyclic) bond motifs is 1. The number of hydrogen-bond donors (Lipinski definition) is 0. The fourth-order valence-electron chi connectivity index (χ4n) is 4.45. The number of amides is 1. The van der Waals surface area contributed by atoms with E-state index in [2.05, 4.69) is 14.9 Å². The lowest BCUT2D eigenvalue weighted by molar-refractivity contribution is -0.137. The topological polar surface area (TPSA) is 58.6 Å². The average Bonchev–Trinajstić information content (AvgIpc) is 3.53. The number of nitrogens with zero attached hydrogens (tertiary/aromatic N) is 4. The van der Waals surface area contributed by atoms with Crippen molar-refractivity contribution in [3.63, 3.8) is 0 Å². The van der Waals surface area contributed by atoms with Gasteiger partial charge in [0.05, 0.1) is 29.2 Å². The van der Waals surface area contributed by atoms with E-state index in [-0.39, 0.29) is 12.1 Å². The summed E-state index contributed by atoms with van der Waals surface area (Å²) in [5.41, 5.74) is -0.605. The van der Waals surface area contributed by atoms with Crippen LogP contribution in [0.3, 0.4) is 0 Å². The minimum absolute atomic E-state index is 0.00902. The highest BCUT2D eigenvalue weighted by molar-refractivity contribution is 5.94. The van der Waals surface area contributed by atoms with Crippen molar-refractivity contribution in [3.05, 3.63) is 53.2 Å². The smallest absolute Gasteiger partial charge is 0.416 e. The highest BCUT2D eigenvalue weighted by Crippen LogP contribution is 2.38. The molecule has 5 rings (SSSR count). The summed E-state index contributed by atoms with van der Waals surface area (Å²) in [6, 6.07) is 1.92. The number of aromatic nitrogens is 2. The standard InChI is InChI=1S/C22H22F4N4O2/c23-18-4-3-14(22(24,25)26)7-17(18)21(31)30-6-5-29-12-16(8-15(29)11-30)32-20-10-27-19(9-28-20)13-1-2-13/h3-4,7,9-10,13,15-16H,1-2,5-6,8,11-12H2/t15-,16+/m0/s1. The van der Waals surface area contributed by atoms with Gasteiger partial charge < -0.3 is 9.64 Å². The molecule has 0 spiro atoms. The molecule has 6 nitrogen and oxygen atoms in total. The van der Waals surface area contributed by atoms with Crippen LogP contribution in [0.15, 0.2) is 30.6 Å². The van der Waals surface area contributed by atoms with Crippen molar-refractivity contribution >= 4 is 5.91 Å². The maximum absolute atomic E-state index is 14.2. The zero-order valence-electron chi connectivity index (χ0n) is 17.2. The maximum atomic E-state index is 14.2. The van der Waals surface area contributed by atoms with Crippen LogP contribution in [-0.4, -0.2) is 64.0 Å². The Bertz CT molecular complexity index is 1010. The third kappa shape index (κ3) is 4.28. The van der Waals surface area contributed by atoms with Gasteiger partial charge in [0.15, 0.2) is 0 Å². The first-order valence-corrected chi connectivity index (χ1v) is 10.7. The molecule has 3 heterocycles. The number of alkyl halides is 3. The predicted octanol–water partition coefficient (Wildman–Crippen LogP) is 3.49. The molecule has 3 aliphatic rings. The van der Waals surface area contributed by atoms with Crippen molar-refractivity contribution in [1.29, 1.82) is 0 Å². The lowest BCUT2D eigenvalue weighted by Crippen LogP contribution is -2.52. The number of rotatable bonds is 4. The molecule has 1 aromatic heterocycles. The summed E-state index contributed by atoms with van der Waals surface area (Å²) >= 11 is 0. The minimum atomic E-state index is -4.64. The fourth-order valence-corrected chi connectivity index (χ4v) is 4.45. The second-order valence-electron chi connectivity index (χ2n) is 8.62. The molecule has 2 aliphatic heterocycles. The lowest BCUT2D eigenvalue weighted by Gasteiger charge is -2.37. The summed E-state index contributed by atoms with van der Waals surface area (Å²) in [6.07, 6.45) is 1.55. The average molecular weight is 450 g/mol. The number of piperazine rings is 1. The van der Waals surface area contributed by atoms with Crippen LogP contribution in [-0.2, 0) is 6.18 Å². The molecule has 170 valence electrons. The van der Waals surface area contributed by atoms with Crippen molar-refractivity contribution in [3.8, 4) is 5.88 Å². The first-order chi connectivity index (χ1) is 15.3. The summed E-state index contributed by atoms with van der Waals surface area (Å²) in [7, 11) is 0. The van der Waals surface area contributed by atoms with E-state index in [0.717, 1.165) is 18.5 Å². The van der Waals surface area contributed by atoms with E-state index in [1.165, 1.54) is 4.90 Å². The monoisotopic (exact) mass is 450 g/mol. The van der Waals surface area contributed by atoms with Gasteiger partial charge in [0.25, 0.3) is 5.91 Å². The first kappa shape index (κ1) is 21.1. The SMILES string of the molecule is O=C(c1cc(C(F)(F)F)ccc1F)N1CCN2C[C@H](Oc3cnc(C4CC4)cn3)C[C@H]2C1. The number of benzene rings is 1. The molecule has 1 saturated carbocycles. The minimum Gasteiger partial charge on any atom is -0.472 e. The van der Waals surface area contributed by atoms with E-state index in [1.54, 1.807) is 12.4 Å². The van der Waals surface area contributed by atoms with E-state index < -0.39 is 29.0 Å². The van der Waals surface area contributed by atoms with Crippen molar-refractivity contribution in [2.24, 2.45) is 0 Å². The van der Waals surface area contributed by atoms with Gasteiger partial charge in [0.1, 0.15) is 11.9 Å². The molecule has 0 unspecified atom stereocenters. The second kappa shape index (κ2) is 7.99.